The lowest BCUT2D eigenvalue weighted by atomic mass is 9.76. The third-order valence-corrected chi connectivity index (χ3v) is 14.2. The summed E-state index contributed by atoms with van der Waals surface area (Å²) in [5.41, 5.74) is 9.99. The third-order valence-electron chi connectivity index (χ3n) is 11.0. The second-order valence-corrected chi connectivity index (χ2v) is 19.6. The number of phenolic OH excluding ortho intramolecular Hbond substituents is 1. The predicted molar refractivity (Wildman–Crippen MR) is 253 cm³/mol. The molecule has 5 aromatic carbocycles. The number of carbonyl (C=O) groups is 3. The van der Waals surface area contributed by atoms with E-state index in [1.54, 1.807) is 60.7 Å². The number of hydrazine groups is 1. The molecule has 0 bridgehead atoms. The first-order chi connectivity index (χ1) is 29.8. The number of benzene rings is 5. The normalized spacial score (nSPS) is 11.6. The number of rotatable bonds is 20. The van der Waals surface area contributed by atoms with Crippen LogP contribution in [0.15, 0.2) is 117 Å². The quantitative estimate of drug-likeness (QED) is 0.0284. The van der Waals surface area contributed by atoms with E-state index in [1.165, 1.54) is 46.0 Å². The van der Waals surface area contributed by atoms with Crippen molar-refractivity contribution in [2.45, 2.75) is 91.6 Å². The number of nitrogens with zero attached hydrogens (tertiary/aromatic N) is 2. The number of thioether (sulfide) groups is 1. The van der Waals surface area contributed by atoms with Crippen LogP contribution in [0, 0.1) is 0 Å². The summed E-state index contributed by atoms with van der Waals surface area (Å²) in [5.74, 6) is 0.0542. The van der Waals surface area contributed by atoms with Crippen molar-refractivity contribution in [3.8, 4) is 11.5 Å². The van der Waals surface area contributed by atoms with Crippen LogP contribution in [0.2, 0.25) is 0 Å². The van der Waals surface area contributed by atoms with Crippen LogP contribution in [-0.4, -0.2) is 51.9 Å². The molecular weight excluding hydrogens is 837 g/mol. The van der Waals surface area contributed by atoms with Crippen molar-refractivity contribution in [1.29, 1.82) is 0 Å². The fourth-order valence-corrected chi connectivity index (χ4v) is 9.42. The molecule has 0 aliphatic carbocycles. The smallest absolute Gasteiger partial charge is 0.269 e. The Morgan fingerprint density at radius 3 is 2.23 bits per heavy atom. The van der Waals surface area contributed by atoms with Crippen molar-refractivity contribution in [1.82, 2.24) is 20.9 Å². The lowest BCUT2D eigenvalue weighted by Crippen LogP contribution is -2.29. The maximum Gasteiger partial charge on any atom is 0.269 e. The molecule has 6 rings (SSSR count). The fourth-order valence-electron chi connectivity index (χ4n) is 6.47. The van der Waals surface area contributed by atoms with Crippen LogP contribution in [0.5, 0.6) is 11.5 Å². The van der Waals surface area contributed by atoms with Gasteiger partial charge in [0.05, 0.1) is 23.6 Å². The number of anilines is 2. The summed E-state index contributed by atoms with van der Waals surface area (Å²) < 4.78 is 7.57. The molecule has 62 heavy (non-hydrogen) atoms. The molecular formula is C48H54N6O5S3. The summed E-state index contributed by atoms with van der Waals surface area (Å²) in [6, 6.07) is 31.6. The average molecular weight is 891 g/mol. The first kappa shape index (κ1) is 45.9. The van der Waals surface area contributed by atoms with Crippen LogP contribution in [-0.2, 0) is 15.6 Å². The zero-order valence-electron chi connectivity index (χ0n) is 36.0. The largest absolute Gasteiger partial charge is 0.506 e. The minimum Gasteiger partial charge on any atom is -0.506 e. The van der Waals surface area contributed by atoms with Gasteiger partial charge in [-0.2, -0.15) is 0 Å². The molecule has 6 aromatic rings. The Bertz CT molecular complexity index is 2510. The van der Waals surface area contributed by atoms with Gasteiger partial charge in [-0.05, 0) is 89.9 Å². The maximum absolute atomic E-state index is 13.5. The van der Waals surface area contributed by atoms with Crippen molar-refractivity contribution >= 4 is 74.7 Å². The number of fused-ring (bicyclic) bond motifs is 1. The molecule has 324 valence electrons. The molecule has 0 atom stereocenters. The first-order valence-corrected chi connectivity index (χ1v) is 23.4. The van der Waals surface area contributed by atoms with Gasteiger partial charge in [0.15, 0.2) is 8.68 Å². The van der Waals surface area contributed by atoms with Gasteiger partial charge >= 0.3 is 0 Å². The molecule has 1 aromatic heterocycles. The highest BCUT2D eigenvalue weighted by Gasteiger charge is 2.27. The Morgan fingerprint density at radius 1 is 0.758 bits per heavy atom. The zero-order chi connectivity index (χ0) is 44.3. The molecule has 0 spiro atoms. The molecule has 0 saturated heterocycles. The number of amides is 3. The van der Waals surface area contributed by atoms with E-state index in [0.717, 1.165) is 35.3 Å². The number of phenols is 1. The van der Waals surface area contributed by atoms with Crippen molar-refractivity contribution in [2.75, 3.05) is 29.6 Å². The van der Waals surface area contributed by atoms with Crippen molar-refractivity contribution in [3.05, 3.63) is 125 Å². The standard InChI is InChI=1S/C48H54N6O5S3/c1-7-47(3,4)32-23-24-39(38(27-32)48(5,6)8-2)59-26-15-14-25-49-44(58)37-29-40(35-21-12-13-22-36(35)42(37)56)61-46-54-53-45(62-46)60-30-41(55)50-33-19-16-20-34(28-33)51-52-43(57)31-17-10-9-11-18-31/h9-13,16-24,27-29,51,56H,7-8,14-15,25-26,30H2,1-6H3,(H,49,58)(H,50,55)(H,52,57). The summed E-state index contributed by atoms with van der Waals surface area (Å²) in [5, 5.41) is 27.1. The van der Waals surface area contributed by atoms with Gasteiger partial charge in [-0.15, -0.1) is 10.2 Å². The molecule has 1 heterocycles. The minimum absolute atomic E-state index is 0.0296. The number of ether oxygens (including phenoxy) is 1. The van der Waals surface area contributed by atoms with E-state index < -0.39 is 0 Å². The number of nitrogens with one attached hydrogen (secondary N) is 4. The molecule has 0 saturated carbocycles. The number of aromatic nitrogens is 2. The number of hydrogen-bond donors (Lipinski definition) is 5. The molecule has 0 aliphatic rings. The summed E-state index contributed by atoms with van der Waals surface area (Å²) in [7, 11) is 0. The van der Waals surface area contributed by atoms with Gasteiger partial charge in [-0.1, -0.05) is 137 Å². The number of hydrogen-bond acceptors (Lipinski definition) is 11. The second-order valence-electron chi connectivity index (χ2n) is 16.1. The molecule has 0 fully saturated rings. The van der Waals surface area contributed by atoms with E-state index in [9.17, 15) is 19.5 Å². The van der Waals surface area contributed by atoms with E-state index in [-0.39, 0.29) is 45.6 Å². The van der Waals surface area contributed by atoms with Gasteiger partial charge in [0.25, 0.3) is 11.8 Å². The Morgan fingerprint density at radius 2 is 1.47 bits per heavy atom. The summed E-state index contributed by atoms with van der Waals surface area (Å²) in [6.45, 7) is 14.4. The van der Waals surface area contributed by atoms with Gasteiger partial charge in [0.2, 0.25) is 5.91 Å². The Kier molecular flexibility index (Phi) is 15.6. The molecule has 0 aliphatic heterocycles. The van der Waals surface area contributed by atoms with Crippen molar-refractivity contribution in [3.63, 3.8) is 0 Å². The molecule has 11 nitrogen and oxygen atoms in total. The molecule has 14 heteroatoms. The summed E-state index contributed by atoms with van der Waals surface area (Å²) in [6.07, 6.45) is 3.50. The summed E-state index contributed by atoms with van der Waals surface area (Å²) >= 11 is 3.95. The number of unbranched alkanes of at least 4 members (excludes halogenated alkanes) is 1. The third kappa shape index (κ3) is 11.9. The van der Waals surface area contributed by atoms with Crippen LogP contribution in [0.3, 0.4) is 0 Å². The highest BCUT2D eigenvalue weighted by molar-refractivity contribution is 8.03. The molecule has 0 radical (unpaired) electrons. The van der Waals surface area contributed by atoms with Crippen LogP contribution in [0.25, 0.3) is 10.8 Å². The van der Waals surface area contributed by atoms with Crippen LogP contribution in [0.1, 0.15) is 99.1 Å². The van der Waals surface area contributed by atoms with Crippen molar-refractivity contribution in [2.24, 2.45) is 0 Å². The van der Waals surface area contributed by atoms with Gasteiger partial charge in [0, 0.05) is 33.6 Å². The minimum atomic E-state index is -0.366. The van der Waals surface area contributed by atoms with E-state index >= 15 is 0 Å². The van der Waals surface area contributed by atoms with Gasteiger partial charge in [0.1, 0.15) is 11.5 Å². The highest BCUT2D eigenvalue weighted by Crippen LogP contribution is 2.42. The Labute approximate surface area is 376 Å². The second kappa shape index (κ2) is 21.0. The van der Waals surface area contributed by atoms with Gasteiger partial charge < -0.3 is 20.5 Å². The Hall–Kier alpha value is -5.57. The predicted octanol–water partition coefficient (Wildman–Crippen LogP) is 11.0. The van der Waals surface area contributed by atoms with Gasteiger partial charge in [-0.25, -0.2) is 0 Å². The van der Waals surface area contributed by atoms with Gasteiger partial charge in [-0.3, -0.25) is 25.2 Å². The first-order valence-electron chi connectivity index (χ1n) is 20.7. The Balaban J connectivity index is 1.01. The molecule has 3 amide bonds. The van der Waals surface area contributed by atoms with Crippen molar-refractivity contribution < 1.29 is 24.2 Å². The number of aromatic hydroxyl groups is 1. The molecule has 0 unspecified atom stereocenters. The van der Waals surface area contributed by atoms with Crippen LogP contribution in [0.4, 0.5) is 11.4 Å². The van der Waals surface area contributed by atoms with E-state index in [4.69, 9.17) is 4.74 Å². The van der Waals surface area contributed by atoms with E-state index in [2.05, 4.69) is 91.4 Å². The lowest BCUT2D eigenvalue weighted by Gasteiger charge is -2.30. The zero-order valence-corrected chi connectivity index (χ0v) is 38.4. The maximum atomic E-state index is 13.5. The lowest BCUT2D eigenvalue weighted by molar-refractivity contribution is -0.113. The van der Waals surface area contributed by atoms with E-state index in [0.29, 0.717) is 50.6 Å². The van der Waals surface area contributed by atoms with Crippen LogP contribution >= 0.6 is 34.9 Å². The van der Waals surface area contributed by atoms with Crippen LogP contribution < -0.4 is 26.2 Å². The SMILES string of the molecule is CCC(C)(C)c1ccc(OCCCCNC(=O)c2cc(Sc3nnc(SCC(=O)Nc4cccc(NNC(=O)c5ccccc5)c4)s3)c3ccccc3c2O)c(C(C)(C)CC)c1. The fraction of sp³-hybridized carbons (Fsp3) is 0.312. The number of carbonyl (C=O) groups excluding carboxylic acids is 3. The summed E-state index contributed by atoms with van der Waals surface area (Å²) in [4.78, 5) is 39.5. The molecule has 5 N–H and O–H groups in total. The average Bonchev–Trinajstić information content (AvgIpc) is 3.74. The highest BCUT2D eigenvalue weighted by atomic mass is 32.2. The van der Waals surface area contributed by atoms with E-state index in [1.807, 2.05) is 24.3 Å². The topological polar surface area (TPSA) is 155 Å². The monoisotopic (exact) mass is 890 g/mol.